The molecule has 2 aliphatic rings. The van der Waals surface area contributed by atoms with Crippen LogP contribution < -0.4 is 10.5 Å². The molecule has 1 aliphatic carbocycles. The summed E-state index contributed by atoms with van der Waals surface area (Å²) in [6, 6.07) is 10.9. The number of para-hydroxylation sites is 1. The molecule has 2 atom stereocenters. The zero-order valence-corrected chi connectivity index (χ0v) is 20.1. The van der Waals surface area contributed by atoms with Crippen LogP contribution in [0.25, 0.3) is 0 Å². The quantitative estimate of drug-likeness (QED) is 0.705. The Balaban J connectivity index is 1.68. The fourth-order valence-electron chi connectivity index (χ4n) is 5.16. The predicted molar refractivity (Wildman–Crippen MR) is 133 cm³/mol. The number of pyridine rings is 1. The fourth-order valence-corrected chi connectivity index (χ4v) is 5.16. The Morgan fingerprint density at radius 1 is 1.06 bits per heavy atom. The van der Waals surface area contributed by atoms with E-state index in [2.05, 4.69) is 4.98 Å². The van der Waals surface area contributed by atoms with Crippen LogP contribution in [0, 0.1) is 0 Å². The van der Waals surface area contributed by atoms with Crippen LogP contribution in [0.2, 0.25) is 0 Å². The lowest BCUT2D eigenvalue weighted by atomic mass is 9.90. The molecule has 1 saturated carbocycles. The molecule has 1 aliphatic heterocycles. The van der Waals surface area contributed by atoms with Crippen LogP contribution in [0.4, 0.5) is 5.82 Å². The average Bonchev–Trinajstić information content (AvgIpc) is 2.86. The smallest absolute Gasteiger partial charge is 0.257 e. The molecule has 34 heavy (non-hydrogen) atoms. The summed E-state index contributed by atoms with van der Waals surface area (Å²) >= 11 is 0. The van der Waals surface area contributed by atoms with Crippen molar-refractivity contribution in [2.24, 2.45) is 0 Å². The van der Waals surface area contributed by atoms with E-state index in [1.54, 1.807) is 18.3 Å². The van der Waals surface area contributed by atoms with E-state index in [4.69, 9.17) is 10.5 Å². The molecule has 1 aromatic heterocycles. The third kappa shape index (κ3) is 5.51. The van der Waals surface area contributed by atoms with Gasteiger partial charge in [0, 0.05) is 31.4 Å². The summed E-state index contributed by atoms with van der Waals surface area (Å²) in [5, 5.41) is 0. The summed E-state index contributed by atoms with van der Waals surface area (Å²) < 4.78 is 6.57. The molecule has 2 amide bonds. The highest BCUT2D eigenvalue weighted by molar-refractivity contribution is 5.97. The SMILES string of the molecule is CCN1CCCCCCN(C(=O)c2ccnc(N)c2)[C@@H]2CCCC[C@@H]2Oc2ccccc2C1=O. The number of ether oxygens (including phenoxy) is 1. The first-order valence-corrected chi connectivity index (χ1v) is 12.7. The van der Waals surface area contributed by atoms with Gasteiger partial charge in [0.25, 0.3) is 11.8 Å². The van der Waals surface area contributed by atoms with Crippen molar-refractivity contribution in [3.63, 3.8) is 0 Å². The molecule has 1 fully saturated rings. The Kier molecular flexibility index (Phi) is 8.03. The Morgan fingerprint density at radius 3 is 2.62 bits per heavy atom. The van der Waals surface area contributed by atoms with Crippen molar-refractivity contribution >= 4 is 17.6 Å². The number of benzene rings is 1. The Labute approximate surface area is 202 Å². The van der Waals surface area contributed by atoms with Crippen molar-refractivity contribution in [2.45, 2.75) is 70.4 Å². The number of nitrogens with zero attached hydrogens (tertiary/aromatic N) is 3. The van der Waals surface area contributed by atoms with Gasteiger partial charge in [-0.15, -0.1) is 0 Å². The minimum atomic E-state index is -0.163. The summed E-state index contributed by atoms with van der Waals surface area (Å²) in [6.45, 7) is 4.12. The molecule has 7 nitrogen and oxygen atoms in total. The van der Waals surface area contributed by atoms with Gasteiger partial charge in [0.15, 0.2) is 0 Å². The van der Waals surface area contributed by atoms with Crippen molar-refractivity contribution in [1.29, 1.82) is 0 Å². The number of nitrogens with two attached hydrogens (primary N) is 1. The molecular weight excluding hydrogens is 428 g/mol. The number of hydrogen-bond donors (Lipinski definition) is 1. The molecular formula is C27H36N4O3. The lowest BCUT2D eigenvalue weighted by Gasteiger charge is -2.40. The van der Waals surface area contributed by atoms with Crippen LogP contribution in [0.1, 0.15) is 79.0 Å². The van der Waals surface area contributed by atoms with Gasteiger partial charge in [-0.2, -0.15) is 0 Å². The average molecular weight is 465 g/mol. The van der Waals surface area contributed by atoms with Gasteiger partial charge in [-0.3, -0.25) is 9.59 Å². The standard InChI is InChI=1S/C27H36N4O3/c1-2-30-17-9-3-4-10-18-31(26(32)20-15-16-29-25(28)19-20)22-12-6-8-14-24(22)34-23-13-7-5-11-21(23)27(30)33/h5,7,11,13,15-16,19,22,24H,2-4,6,8-10,12,14,17-18H2,1H3,(H2,28,29)/t22-,24+/m1/s1. The monoisotopic (exact) mass is 464 g/mol. The first-order valence-electron chi connectivity index (χ1n) is 12.7. The van der Waals surface area contributed by atoms with E-state index in [-0.39, 0.29) is 24.0 Å². The highest BCUT2D eigenvalue weighted by atomic mass is 16.5. The number of rotatable bonds is 2. The van der Waals surface area contributed by atoms with E-state index in [0.29, 0.717) is 35.8 Å². The first kappa shape index (κ1) is 24.0. The molecule has 0 saturated heterocycles. The number of carbonyl (C=O) groups is 2. The highest BCUT2D eigenvalue weighted by Crippen LogP contribution is 2.31. The summed E-state index contributed by atoms with van der Waals surface area (Å²) in [4.78, 5) is 35.0. The molecule has 0 bridgehead atoms. The molecule has 2 N–H and O–H groups in total. The fraction of sp³-hybridized carbons (Fsp3) is 0.519. The second-order valence-electron chi connectivity index (χ2n) is 9.27. The summed E-state index contributed by atoms with van der Waals surface area (Å²) in [6.07, 6.45) is 9.17. The minimum absolute atomic E-state index is 0.0164. The van der Waals surface area contributed by atoms with Gasteiger partial charge in [-0.1, -0.05) is 31.4 Å². The van der Waals surface area contributed by atoms with Gasteiger partial charge in [0.05, 0.1) is 11.6 Å². The van der Waals surface area contributed by atoms with E-state index in [1.165, 1.54) is 0 Å². The summed E-state index contributed by atoms with van der Waals surface area (Å²) in [5.41, 5.74) is 7.04. The maximum absolute atomic E-state index is 13.7. The number of aromatic nitrogens is 1. The largest absolute Gasteiger partial charge is 0.487 e. The Bertz CT molecular complexity index is 995. The van der Waals surface area contributed by atoms with Crippen molar-refractivity contribution in [3.8, 4) is 5.75 Å². The predicted octanol–water partition coefficient (Wildman–Crippen LogP) is 4.53. The molecule has 2 aromatic rings. The van der Waals surface area contributed by atoms with Gasteiger partial charge in [-0.05, 0) is 63.3 Å². The Morgan fingerprint density at radius 2 is 1.82 bits per heavy atom. The van der Waals surface area contributed by atoms with Crippen molar-refractivity contribution < 1.29 is 14.3 Å². The van der Waals surface area contributed by atoms with E-state index in [0.717, 1.165) is 57.9 Å². The summed E-state index contributed by atoms with van der Waals surface area (Å²) in [7, 11) is 0. The van der Waals surface area contributed by atoms with Crippen LogP contribution in [0.15, 0.2) is 42.6 Å². The third-order valence-corrected chi connectivity index (χ3v) is 7.00. The van der Waals surface area contributed by atoms with Gasteiger partial charge in [0.1, 0.15) is 17.7 Å². The van der Waals surface area contributed by atoms with Gasteiger partial charge < -0.3 is 20.3 Å². The normalized spacial score (nSPS) is 22.2. The molecule has 0 radical (unpaired) electrons. The van der Waals surface area contributed by atoms with Crippen LogP contribution in [0.3, 0.4) is 0 Å². The second kappa shape index (κ2) is 11.4. The number of anilines is 1. The van der Waals surface area contributed by atoms with Crippen molar-refractivity contribution in [3.05, 3.63) is 53.7 Å². The first-order chi connectivity index (χ1) is 16.6. The number of amides is 2. The lowest BCUT2D eigenvalue weighted by Crippen LogP contribution is -2.51. The van der Waals surface area contributed by atoms with Crippen molar-refractivity contribution in [1.82, 2.24) is 14.8 Å². The number of nitrogen functional groups attached to an aromatic ring is 1. The van der Waals surface area contributed by atoms with Gasteiger partial charge in [0.2, 0.25) is 0 Å². The molecule has 4 rings (SSSR count). The third-order valence-electron chi connectivity index (χ3n) is 7.00. The minimum Gasteiger partial charge on any atom is -0.487 e. The van der Waals surface area contributed by atoms with Crippen LogP contribution in [-0.2, 0) is 0 Å². The van der Waals surface area contributed by atoms with Crippen molar-refractivity contribution in [2.75, 3.05) is 25.4 Å². The van der Waals surface area contributed by atoms with E-state index in [1.807, 2.05) is 41.0 Å². The van der Waals surface area contributed by atoms with E-state index in [9.17, 15) is 9.59 Å². The van der Waals surface area contributed by atoms with Gasteiger partial charge in [-0.25, -0.2) is 4.98 Å². The maximum Gasteiger partial charge on any atom is 0.257 e. The van der Waals surface area contributed by atoms with Crippen LogP contribution in [0.5, 0.6) is 5.75 Å². The Hall–Kier alpha value is -3.09. The number of hydrogen-bond acceptors (Lipinski definition) is 5. The molecule has 182 valence electrons. The lowest BCUT2D eigenvalue weighted by molar-refractivity contribution is 0.0267. The zero-order chi connectivity index (χ0) is 23.9. The molecule has 0 spiro atoms. The molecule has 2 heterocycles. The molecule has 0 unspecified atom stereocenters. The zero-order valence-electron chi connectivity index (χ0n) is 20.1. The molecule has 7 heteroatoms. The van der Waals surface area contributed by atoms with Gasteiger partial charge >= 0.3 is 0 Å². The number of fused-ring (bicyclic) bond motifs is 2. The number of carbonyl (C=O) groups excluding carboxylic acids is 2. The van der Waals surface area contributed by atoms with Crippen LogP contribution >= 0.6 is 0 Å². The second-order valence-corrected chi connectivity index (χ2v) is 9.27. The van der Waals surface area contributed by atoms with E-state index >= 15 is 0 Å². The highest BCUT2D eigenvalue weighted by Gasteiger charge is 2.35. The maximum atomic E-state index is 13.7. The summed E-state index contributed by atoms with van der Waals surface area (Å²) in [5.74, 6) is 0.948. The van der Waals surface area contributed by atoms with Crippen LogP contribution in [-0.4, -0.2) is 58.4 Å². The van der Waals surface area contributed by atoms with E-state index < -0.39 is 0 Å². The molecule has 1 aromatic carbocycles. The topological polar surface area (TPSA) is 88.8 Å².